The molecule has 1 aliphatic heterocycles. The molecule has 110 valence electrons. The first-order chi connectivity index (χ1) is 10.6. The van der Waals surface area contributed by atoms with Crippen LogP contribution in [-0.4, -0.2) is 11.9 Å². The number of para-hydroxylation sites is 1. The van der Waals surface area contributed by atoms with Crippen LogP contribution < -0.4 is 10.2 Å². The zero-order valence-electron chi connectivity index (χ0n) is 11.8. The van der Waals surface area contributed by atoms with Gasteiger partial charge in [0.25, 0.3) is 5.91 Å². The van der Waals surface area contributed by atoms with Gasteiger partial charge in [-0.15, -0.1) is 0 Å². The highest BCUT2D eigenvalue weighted by atomic mass is 35.5. The van der Waals surface area contributed by atoms with Crippen molar-refractivity contribution in [3.8, 4) is 0 Å². The van der Waals surface area contributed by atoms with Crippen LogP contribution >= 0.6 is 11.6 Å². The van der Waals surface area contributed by atoms with E-state index in [0.717, 1.165) is 16.0 Å². The van der Waals surface area contributed by atoms with E-state index in [1.54, 1.807) is 30.3 Å². The van der Waals surface area contributed by atoms with Crippen LogP contribution in [0.15, 0.2) is 54.2 Å². The monoisotopic (exact) mass is 312 g/mol. The van der Waals surface area contributed by atoms with Crippen LogP contribution in [0.2, 0.25) is 5.02 Å². The molecule has 0 radical (unpaired) electrons. The summed E-state index contributed by atoms with van der Waals surface area (Å²) in [6.07, 6.45) is 1.67. The summed E-state index contributed by atoms with van der Waals surface area (Å²) in [5.41, 5.74) is 2.51. The third-order valence-electron chi connectivity index (χ3n) is 3.46. The summed E-state index contributed by atoms with van der Waals surface area (Å²) in [4.78, 5) is 25.7. The zero-order valence-corrected chi connectivity index (χ0v) is 12.6. The van der Waals surface area contributed by atoms with Gasteiger partial charge in [-0.3, -0.25) is 4.79 Å². The first kappa shape index (κ1) is 14.4. The maximum atomic E-state index is 12.5. The Morgan fingerprint density at radius 2 is 1.73 bits per heavy atom. The average Bonchev–Trinajstić information content (AvgIpc) is 2.77. The Morgan fingerprint density at radius 1 is 1.05 bits per heavy atom. The number of aryl methyl sites for hydroxylation is 1. The fourth-order valence-corrected chi connectivity index (χ4v) is 2.51. The maximum absolute atomic E-state index is 12.5. The van der Waals surface area contributed by atoms with Gasteiger partial charge in [-0.1, -0.05) is 48.0 Å². The normalized spacial score (nSPS) is 16.3. The van der Waals surface area contributed by atoms with Crippen molar-refractivity contribution in [2.75, 3.05) is 4.90 Å². The zero-order chi connectivity index (χ0) is 15.7. The lowest BCUT2D eigenvalue weighted by molar-refractivity contribution is -0.113. The molecule has 2 aromatic carbocycles. The lowest BCUT2D eigenvalue weighted by Crippen LogP contribution is -2.30. The molecule has 1 saturated heterocycles. The molecule has 3 amide bonds. The fourth-order valence-electron chi connectivity index (χ4n) is 2.29. The fraction of sp³-hybridized carbons (Fsp3) is 0.0588. The molecule has 1 aliphatic rings. The van der Waals surface area contributed by atoms with Gasteiger partial charge in [-0.2, -0.15) is 0 Å². The molecule has 0 aliphatic carbocycles. The summed E-state index contributed by atoms with van der Waals surface area (Å²) < 4.78 is 0. The lowest BCUT2D eigenvalue weighted by Gasteiger charge is -2.13. The van der Waals surface area contributed by atoms with Gasteiger partial charge in [0.2, 0.25) is 0 Å². The van der Waals surface area contributed by atoms with Crippen LogP contribution in [0.3, 0.4) is 0 Å². The summed E-state index contributed by atoms with van der Waals surface area (Å²) in [7, 11) is 0. The minimum Gasteiger partial charge on any atom is -0.302 e. The molecule has 0 atom stereocenters. The van der Waals surface area contributed by atoms with Gasteiger partial charge in [-0.05, 0) is 36.3 Å². The number of carbonyl (C=O) groups excluding carboxylic acids is 2. The molecule has 5 heteroatoms. The van der Waals surface area contributed by atoms with Crippen molar-refractivity contribution < 1.29 is 9.59 Å². The molecule has 0 saturated carbocycles. The van der Waals surface area contributed by atoms with Crippen LogP contribution in [-0.2, 0) is 4.79 Å². The van der Waals surface area contributed by atoms with Crippen molar-refractivity contribution in [2.45, 2.75) is 6.92 Å². The van der Waals surface area contributed by atoms with Gasteiger partial charge in [0.1, 0.15) is 5.70 Å². The second-order valence-corrected chi connectivity index (χ2v) is 5.34. The molecule has 0 spiro atoms. The average molecular weight is 313 g/mol. The van der Waals surface area contributed by atoms with Crippen molar-refractivity contribution >= 4 is 35.3 Å². The Hall–Kier alpha value is -2.59. The van der Waals surface area contributed by atoms with Crippen molar-refractivity contribution in [2.24, 2.45) is 0 Å². The number of benzene rings is 2. The number of nitrogens with one attached hydrogen (secondary N) is 1. The van der Waals surface area contributed by atoms with E-state index in [0.29, 0.717) is 10.7 Å². The number of imide groups is 1. The minimum atomic E-state index is -0.502. The maximum Gasteiger partial charge on any atom is 0.333 e. The van der Waals surface area contributed by atoms with E-state index in [1.807, 2.05) is 31.2 Å². The Balaban J connectivity index is 1.99. The van der Waals surface area contributed by atoms with Gasteiger partial charge < -0.3 is 5.32 Å². The number of anilines is 1. The molecule has 1 fully saturated rings. The Kier molecular flexibility index (Phi) is 3.69. The first-order valence-corrected chi connectivity index (χ1v) is 7.13. The molecule has 1 heterocycles. The Labute approximate surface area is 133 Å². The Morgan fingerprint density at radius 3 is 2.45 bits per heavy atom. The minimum absolute atomic E-state index is 0.235. The number of nitrogens with zero attached hydrogens (tertiary/aromatic N) is 1. The first-order valence-electron chi connectivity index (χ1n) is 6.75. The smallest absolute Gasteiger partial charge is 0.302 e. The summed E-state index contributed by atoms with van der Waals surface area (Å²) >= 11 is 6.07. The topological polar surface area (TPSA) is 49.4 Å². The number of rotatable bonds is 2. The number of hydrogen-bond donors (Lipinski definition) is 1. The molecule has 2 aromatic rings. The number of amides is 3. The second kappa shape index (κ2) is 5.66. The van der Waals surface area contributed by atoms with Gasteiger partial charge in [0.05, 0.1) is 10.7 Å². The lowest BCUT2D eigenvalue weighted by atomic mass is 10.1. The van der Waals surface area contributed by atoms with Crippen LogP contribution in [0.25, 0.3) is 6.08 Å². The third kappa shape index (κ3) is 2.49. The highest BCUT2D eigenvalue weighted by molar-refractivity contribution is 6.37. The largest absolute Gasteiger partial charge is 0.333 e. The van der Waals surface area contributed by atoms with Crippen molar-refractivity contribution in [1.29, 1.82) is 0 Å². The van der Waals surface area contributed by atoms with Crippen molar-refractivity contribution in [1.82, 2.24) is 5.32 Å². The summed E-state index contributed by atoms with van der Waals surface area (Å²) in [6, 6.07) is 13.9. The van der Waals surface area contributed by atoms with Crippen LogP contribution in [0.5, 0.6) is 0 Å². The van der Waals surface area contributed by atoms with E-state index in [4.69, 9.17) is 11.6 Å². The number of urea groups is 1. The molecule has 0 bridgehead atoms. The predicted octanol–water partition coefficient (Wildman–Crippen LogP) is 3.75. The van der Waals surface area contributed by atoms with Crippen molar-refractivity contribution in [3.63, 3.8) is 0 Å². The van der Waals surface area contributed by atoms with Crippen LogP contribution in [0, 0.1) is 6.92 Å². The molecule has 0 unspecified atom stereocenters. The molecule has 22 heavy (non-hydrogen) atoms. The van der Waals surface area contributed by atoms with Gasteiger partial charge in [-0.25, -0.2) is 9.69 Å². The standard InChI is InChI=1S/C17H13ClN2O2/c1-11-6-2-3-7-12(11)10-14-16(21)20(17(22)19-14)15-9-5-4-8-13(15)18/h2-10H,1H3,(H,19,22)/b14-10-. The third-order valence-corrected chi connectivity index (χ3v) is 3.78. The van der Waals surface area contributed by atoms with E-state index in [9.17, 15) is 9.59 Å². The second-order valence-electron chi connectivity index (χ2n) is 4.94. The summed E-state index contributed by atoms with van der Waals surface area (Å²) in [5.74, 6) is -0.415. The molecule has 0 aromatic heterocycles. The van der Waals surface area contributed by atoms with E-state index in [2.05, 4.69) is 5.32 Å². The highest BCUT2D eigenvalue weighted by Crippen LogP contribution is 2.29. The number of carbonyl (C=O) groups is 2. The quantitative estimate of drug-likeness (QED) is 0.678. The molecular formula is C17H13ClN2O2. The van der Waals surface area contributed by atoms with Gasteiger partial charge in [0, 0.05) is 0 Å². The SMILES string of the molecule is Cc1ccccc1/C=C1\NC(=O)N(c2ccccc2Cl)C1=O. The molecular weight excluding hydrogens is 300 g/mol. The number of hydrogen-bond acceptors (Lipinski definition) is 2. The van der Waals surface area contributed by atoms with Crippen LogP contribution in [0.1, 0.15) is 11.1 Å². The number of halogens is 1. The molecule has 3 rings (SSSR count). The van der Waals surface area contributed by atoms with Gasteiger partial charge in [0.15, 0.2) is 0 Å². The van der Waals surface area contributed by atoms with E-state index in [1.165, 1.54) is 0 Å². The molecule has 1 N–H and O–H groups in total. The van der Waals surface area contributed by atoms with E-state index < -0.39 is 11.9 Å². The molecule has 4 nitrogen and oxygen atoms in total. The van der Waals surface area contributed by atoms with E-state index >= 15 is 0 Å². The van der Waals surface area contributed by atoms with E-state index in [-0.39, 0.29) is 5.70 Å². The van der Waals surface area contributed by atoms with Gasteiger partial charge >= 0.3 is 6.03 Å². The Bertz CT molecular complexity index is 799. The van der Waals surface area contributed by atoms with Crippen LogP contribution in [0.4, 0.5) is 10.5 Å². The van der Waals surface area contributed by atoms with Crippen molar-refractivity contribution in [3.05, 3.63) is 70.4 Å². The highest BCUT2D eigenvalue weighted by Gasteiger charge is 2.35. The summed E-state index contributed by atoms with van der Waals surface area (Å²) in [5, 5.41) is 2.95. The summed E-state index contributed by atoms with van der Waals surface area (Å²) in [6.45, 7) is 1.94. The predicted molar refractivity (Wildman–Crippen MR) is 86.6 cm³/mol.